The van der Waals surface area contributed by atoms with E-state index in [4.69, 9.17) is 4.74 Å². The number of carbonyl (C=O) groups is 2. The van der Waals surface area contributed by atoms with E-state index in [2.05, 4.69) is 5.32 Å². The summed E-state index contributed by atoms with van der Waals surface area (Å²) in [5.41, 5.74) is 2.21. The Hall–Kier alpha value is -2.62. The molecular weight excluding hydrogens is 266 g/mol. The van der Waals surface area contributed by atoms with Gasteiger partial charge in [-0.2, -0.15) is 0 Å². The minimum Gasteiger partial charge on any atom is -0.497 e. The van der Waals surface area contributed by atoms with E-state index in [1.807, 2.05) is 24.3 Å². The van der Waals surface area contributed by atoms with Crippen LogP contribution in [0.4, 0.5) is 5.69 Å². The second kappa shape index (κ2) is 6.70. The number of ketones is 1. The van der Waals surface area contributed by atoms with Gasteiger partial charge in [0.15, 0.2) is 5.78 Å². The lowest BCUT2D eigenvalue weighted by Crippen LogP contribution is -2.07. The average Bonchev–Trinajstić information content (AvgIpc) is 2.47. The van der Waals surface area contributed by atoms with Gasteiger partial charge in [0.1, 0.15) is 5.75 Å². The molecule has 0 heterocycles. The lowest BCUT2D eigenvalue weighted by atomic mass is 10.0. The van der Waals surface area contributed by atoms with Gasteiger partial charge in [0.05, 0.1) is 7.11 Å². The summed E-state index contributed by atoms with van der Waals surface area (Å²) < 4.78 is 5.14. The molecule has 0 fully saturated rings. The van der Waals surface area contributed by atoms with E-state index in [0.717, 1.165) is 11.3 Å². The molecule has 0 bridgehead atoms. The van der Waals surface area contributed by atoms with E-state index in [0.29, 0.717) is 17.7 Å². The molecule has 108 valence electrons. The first-order chi connectivity index (χ1) is 10.1. The highest BCUT2D eigenvalue weighted by atomic mass is 16.5. The Morgan fingerprint density at radius 1 is 1.10 bits per heavy atom. The number of hydrogen-bond acceptors (Lipinski definition) is 3. The van der Waals surface area contributed by atoms with Crippen molar-refractivity contribution in [1.82, 2.24) is 0 Å². The molecule has 0 unspecified atom stereocenters. The Morgan fingerprint density at radius 3 is 2.43 bits per heavy atom. The summed E-state index contributed by atoms with van der Waals surface area (Å²) in [7, 11) is 1.60. The van der Waals surface area contributed by atoms with Gasteiger partial charge in [-0.25, -0.2) is 0 Å². The number of ether oxygens (including phenoxy) is 1. The maximum atomic E-state index is 12.2. The molecular formula is C17H17NO3. The van der Waals surface area contributed by atoms with Crippen LogP contribution in [-0.4, -0.2) is 18.8 Å². The number of rotatable bonds is 5. The summed E-state index contributed by atoms with van der Waals surface area (Å²) in [4.78, 5) is 23.2. The van der Waals surface area contributed by atoms with Crippen LogP contribution in [0.2, 0.25) is 0 Å². The van der Waals surface area contributed by atoms with Gasteiger partial charge < -0.3 is 10.1 Å². The second-order valence-corrected chi connectivity index (χ2v) is 4.71. The van der Waals surface area contributed by atoms with Gasteiger partial charge in [-0.15, -0.1) is 0 Å². The zero-order valence-electron chi connectivity index (χ0n) is 12.1. The molecule has 2 aromatic rings. The zero-order chi connectivity index (χ0) is 15.2. The summed E-state index contributed by atoms with van der Waals surface area (Å²) in [6.45, 7) is 1.45. The first kappa shape index (κ1) is 14.8. The van der Waals surface area contributed by atoms with Crippen molar-refractivity contribution < 1.29 is 14.3 Å². The van der Waals surface area contributed by atoms with Crippen LogP contribution in [0.15, 0.2) is 48.5 Å². The van der Waals surface area contributed by atoms with Crippen LogP contribution in [0.25, 0.3) is 0 Å². The highest BCUT2D eigenvalue weighted by Crippen LogP contribution is 2.16. The SMILES string of the molecule is COc1cccc(CC(=O)c2ccc(NC(C)=O)cc2)c1. The lowest BCUT2D eigenvalue weighted by molar-refractivity contribution is -0.114. The molecule has 2 rings (SSSR count). The van der Waals surface area contributed by atoms with Crippen LogP contribution in [0.5, 0.6) is 5.75 Å². The monoisotopic (exact) mass is 283 g/mol. The summed E-state index contributed by atoms with van der Waals surface area (Å²) in [5, 5.41) is 2.67. The fourth-order valence-electron chi connectivity index (χ4n) is 2.01. The van der Waals surface area contributed by atoms with E-state index >= 15 is 0 Å². The maximum Gasteiger partial charge on any atom is 0.221 e. The third kappa shape index (κ3) is 4.18. The first-order valence-electron chi connectivity index (χ1n) is 6.62. The fraction of sp³-hybridized carbons (Fsp3) is 0.176. The van der Waals surface area contributed by atoms with Gasteiger partial charge in [0.2, 0.25) is 5.91 Å². The number of amides is 1. The number of benzene rings is 2. The third-order valence-electron chi connectivity index (χ3n) is 3.03. The van der Waals surface area contributed by atoms with Crippen molar-refractivity contribution in [3.63, 3.8) is 0 Å². The summed E-state index contributed by atoms with van der Waals surface area (Å²) in [5.74, 6) is 0.629. The summed E-state index contributed by atoms with van der Waals surface area (Å²) in [6, 6.07) is 14.3. The van der Waals surface area contributed by atoms with Crippen LogP contribution in [0.3, 0.4) is 0 Å². The summed E-state index contributed by atoms with van der Waals surface area (Å²) >= 11 is 0. The van der Waals surface area contributed by atoms with Crippen molar-refractivity contribution in [2.45, 2.75) is 13.3 Å². The highest BCUT2D eigenvalue weighted by Gasteiger charge is 2.08. The van der Waals surface area contributed by atoms with Gasteiger partial charge in [-0.05, 0) is 42.0 Å². The number of methoxy groups -OCH3 is 1. The van der Waals surface area contributed by atoms with Crippen molar-refractivity contribution in [1.29, 1.82) is 0 Å². The molecule has 0 saturated heterocycles. The third-order valence-corrected chi connectivity index (χ3v) is 3.03. The molecule has 0 aliphatic carbocycles. The molecule has 1 amide bonds. The topological polar surface area (TPSA) is 55.4 Å². The van der Waals surface area contributed by atoms with Gasteiger partial charge in [-0.3, -0.25) is 9.59 Å². The van der Waals surface area contributed by atoms with Crippen LogP contribution < -0.4 is 10.1 Å². The van der Waals surface area contributed by atoms with E-state index < -0.39 is 0 Å². The number of anilines is 1. The molecule has 0 aliphatic heterocycles. The Morgan fingerprint density at radius 2 is 1.81 bits per heavy atom. The molecule has 0 radical (unpaired) electrons. The van der Waals surface area contributed by atoms with Crippen LogP contribution in [-0.2, 0) is 11.2 Å². The lowest BCUT2D eigenvalue weighted by Gasteiger charge is -2.06. The normalized spacial score (nSPS) is 10.0. The Kier molecular flexibility index (Phi) is 4.72. The molecule has 1 N–H and O–H groups in total. The van der Waals surface area contributed by atoms with Crippen LogP contribution >= 0.6 is 0 Å². The molecule has 0 spiro atoms. The number of nitrogens with one attached hydrogen (secondary N) is 1. The summed E-state index contributed by atoms with van der Waals surface area (Å²) in [6.07, 6.45) is 0.316. The second-order valence-electron chi connectivity index (χ2n) is 4.71. The largest absolute Gasteiger partial charge is 0.497 e. The molecule has 4 nitrogen and oxygen atoms in total. The molecule has 21 heavy (non-hydrogen) atoms. The van der Waals surface area contributed by atoms with Crippen molar-refractivity contribution in [3.05, 3.63) is 59.7 Å². The average molecular weight is 283 g/mol. The standard InChI is InChI=1S/C17H17NO3/c1-12(19)18-15-8-6-14(7-9-15)17(20)11-13-4-3-5-16(10-13)21-2/h3-10H,11H2,1-2H3,(H,18,19). The van der Waals surface area contributed by atoms with Gasteiger partial charge in [-0.1, -0.05) is 12.1 Å². The number of carbonyl (C=O) groups excluding carboxylic acids is 2. The fourth-order valence-corrected chi connectivity index (χ4v) is 2.01. The number of Topliss-reactive ketones (excluding diaryl/α,β-unsaturated/α-hetero) is 1. The zero-order valence-corrected chi connectivity index (χ0v) is 12.1. The molecule has 0 saturated carbocycles. The highest BCUT2D eigenvalue weighted by molar-refractivity contribution is 5.98. The number of hydrogen-bond donors (Lipinski definition) is 1. The van der Waals surface area contributed by atoms with E-state index in [1.54, 1.807) is 31.4 Å². The Labute approximate surface area is 123 Å². The Balaban J connectivity index is 2.07. The molecule has 0 aromatic heterocycles. The van der Waals surface area contributed by atoms with E-state index in [9.17, 15) is 9.59 Å². The van der Waals surface area contributed by atoms with Crippen LogP contribution in [0, 0.1) is 0 Å². The van der Waals surface area contributed by atoms with Gasteiger partial charge in [0.25, 0.3) is 0 Å². The quantitative estimate of drug-likeness (QED) is 0.858. The molecule has 4 heteroatoms. The van der Waals surface area contributed by atoms with Crippen LogP contribution in [0.1, 0.15) is 22.8 Å². The van der Waals surface area contributed by atoms with Crippen molar-refractivity contribution >= 4 is 17.4 Å². The Bertz CT molecular complexity index is 647. The maximum absolute atomic E-state index is 12.2. The van der Waals surface area contributed by atoms with Crippen molar-refractivity contribution in [2.24, 2.45) is 0 Å². The first-order valence-corrected chi connectivity index (χ1v) is 6.62. The molecule has 0 atom stereocenters. The predicted molar refractivity (Wildman–Crippen MR) is 81.8 cm³/mol. The minimum atomic E-state index is -0.134. The van der Waals surface area contributed by atoms with Gasteiger partial charge in [0, 0.05) is 24.6 Å². The van der Waals surface area contributed by atoms with E-state index in [-0.39, 0.29) is 11.7 Å². The molecule has 2 aromatic carbocycles. The molecule has 0 aliphatic rings. The van der Waals surface area contributed by atoms with E-state index in [1.165, 1.54) is 6.92 Å². The smallest absolute Gasteiger partial charge is 0.221 e. The van der Waals surface area contributed by atoms with Crippen molar-refractivity contribution in [3.8, 4) is 5.75 Å². The minimum absolute atomic E-state index is 0.0256. The van der Waals surface area contributed by atoms with Crippen molar-refractivity contribution in [2.75, 3.05) is 12.4 Å². The van der Waals surface area contributed by atoms with Gasteiger partial charge >= 0.3 is 0 Å². The predicted octanol–water partition coefficient (Wildman–Crippen LogP) is 3.08.